The molecule has 0 bridgehead atoms. The summed E-state index contributed by atoms with van der Waals surface area (Å²) in [6.45, 7) is 5.02. The van der Waals surface area contributed by atoms with E-state index in [1.54, 1.807) is 0 Å². The Morgan fingerprint density at radius 3 is 2.90 bits per heavy atom. The average Bonchev–Trinajstić information content (AvgIpc) is 2.95. The molecular weight excluding hydrogens is 246 g/mol. The Hall–Kier alpha value is -1.80. The van der Waals surface area contributed by atoms with Gasteiger partial charge in [0.25, 0.3) is 0 Å². The maximum Gasteiger partial charge on any atom is 0.122 e. The normalized spacial score (nSPS) is 13.1. The van der Waals surface area contributed by atoms with Crippen LogP contribution < -0.4 is 10.1 Å². The number of rotatable bonds is 5. The van der Waals surface area contributed by atoms with Crippen LogP contribution in [0, 0.1) is 0 Å². The molecule has 0 radical (unpaired) electrons. The number of hydrogen-bond donors (Lipinski definition) is 1. The van der Waals surface area contributed by atoms with Crippen LogP contribution in [0.25, 0.3) is 11.1 Å². The zero-order valence-corrected chi connectivity index (χ0v) is 12.0. The summed E-state index contributed by atoms with van der Waals surface area (Å²) in [6.07, 6.45) is 2.20. The Kier molecular flexibility index (Phi) is 4.03. The van der Waals surface area contributed by atoms with E-state index in [0.29, 0.717) is 0 Å². The topological polar surface area (TPSA) is 21.3 Å². The molecular formula is C18H21NO. The largest absolute Gasteiger partial charge is 0.493 e. The van der Waals surface area contributed by atoms with Crippen molar-refractivity contribution in [2.75, 3.05) is 13.2 Å². The predicted octanol–water partition coefficient (Wildman–Crippen LogP) is 3.79. The van der Waals surface area contributed by atoms with Crippen LogP contribution in [0.4, 0.5) is 0 Å². The molecule has 0 aliphatic carbocycles. The van der Waals surface area contributed by atoms with Gasteiger partial charge in [-0.05, 0) is 53.4 Å². The number of benzene rings is 2. The predicted molar refractivity (Wildman–Crippen MR) is 83.1 cm³/mol. The van der Waals surface area contributed by atoms with Crippen molar-refractivity contribution < 1.29 is 4.74 Å². The van der Waals surface area contributed by atoms with Crippen LogP contribution in [-0.2, 0) is 13.0 Å². The molecule has 0 unspecified atom stereocenters. The highest BCUT2D eigenvalue weighted by Crippen LogP contribution is 2.30. The van der Waals surface area contributed by atoms with Gasteiger partial charge in [0.15, 0.2) is 0 Å². The zero-order valence-electron chi connectivity index (χ0n) is 12.0. The molecule has 1 N–H and O–H groups in total. The minimum atomic E-state index is 0.819. The third-order valence-corrected chi connectivity index (χ3v) is 3.71. The standard InChI is InChI=1S/C18H21NO/c1-2-9-19-13-14-4-3-5-15(11-14)16-6-7-18-17(12-16)8-10-20-18/h3-7,11-12,19H,2,8-10,13H2,1H3. The van der Waals surface area contributed by atoms with Crippen molar-refractivity contribution in [3.8, 4) is 16.9 Å². The Morgan fingerprint density at radius 1 is 1.10 bits per heavy atom. The van der Waals surface area contributed by atoms with Gasteiger partial charge < -0.3 is 10.1 Å². The van der Waals surface area contributed by atoms with E-state index < -0.39 is 0 Å². The first-order valence-corrected chi connectivity index (χ1v) is 7.42. The SMILES string of the molecule is CCCNCc1cccc(-c2ccc3c(c2)CCO3)c1. The van der Waals surface area contributed by atoms with Crippen molar-refractivity contribution in [2.24, 2.45) is 0 Å². The Bertz CT molecular complexity index is 592. The molecule has 1 heterocycles. The fraction of sp³-hybridized carbons (Fsp3) is 0.333. The minimum Gasteiger partial charge on any atom is -0.493 e. The van der Waals surface area contributed by atoms with Crippen molar-refractivity contribution >= 4 is 0 Å². The van der Waals surface area contributed by atoms with E-state index in [1.165, 1.54) is 28.7 Å². The lowest BCUT2D eigenvalue weighted by Gasteiger charge is -2.08. The molecule has 1 aliphatic heterocycles. The molecule has 0 spiro atoms. The Morgan fingerprint density at radius 2 is 2.00 bits per heavy atom. The number of nitrogens with one attached hydrogen (secondary N) is 1. The number of hydrogen-bond acceptors (Lipinski definition) is 2. The molecule has 0 saturated heterocycles. The summed E-state index contributed by atoms with van der Waals surface area (Å²) in [7, 11) is 0. The fourth-order valence-electron chi connectivity index (χ4n) is 2.64. The molecule has 1 aliphatic rings. The van der Waals surface area contributed by atoms with Crippen LogP contribution in [0.1, 0.15) is 24.5 Å². The second kappa shape index (κ2) is 6.10. The first kappa shape index (κ1) is 13.2. The molecule has 20 heavy (non-hydrogen) atoms. The maximum absolute atomic E-state index is 5.57. The summed E-state index contributed by atoms with van der Waals surface area (Å²) < 4.78 is 5.57. The second-order valence-electron chi connectivity index (χ2n) is 5.30. The van der Waals surface area contributed by atoms with Crippen LogP contribution in [0.3, 0.4) is 0 Å². The van der Waals surface area contributed by atoms with Crippen molar-refractivity contribution in [3.05, 3.63) is 53.6 Å². The monoisotopic (exact) mass is 267 g/mol. The highest BCUT2D eigenvalue weighted by Gasteiger charge is 2.12. The molecule has 2 heteroatoms. The van der Waals surface area contributed by atoms with Crippen LogP contribution in [0.2, 0.25) is 0 Å². The lowest BCUT2D eigenvalue weighted by atomic mass is 10.00. The smallest absolute Gasteiger partial charge is 0.122 e. The minimum absolute atomic E-state index is 0.819. The van der Waals surface area contributed by atoms with Gasteiger partial charge in [0.2, 0.25) is 0 Å². The maximum atomic E-state index is 5.57. The number of fused-ring (bicyclic) bond motifs is 1. The molecule has 0 fully saturated rings. The molecule has 104 valence electrons. The average molecular weight is 267 g/mol. The van der Waals surface area contributed by atoms with Crippen molar-refractivity contribution in [1.82, 2.24) is 5.32 Å². The highest BCUT2D eigenvalue weighted by atomic mass is 16.5. The summed E-state index contributed by atoms with van der Waals surface area (Å²) in [6, 6.07) is 15.3. The first-order valence-electron chi connectivity index (χ1n) is 7.42. The van der Waals surface area contributed by atoms with E-state index in [2.05, 4.69) is 54.7 Å². The van der Waals surface area contributed by atoms with Gasteiger partial charge in [0.1, 0.15) is 5.75 Å². The summed E-state index contributed by atoms with van der Waals surface area (Å²) in [5.74, 6) is 1.05. The molecule has 3 rings (SSSR count). The van der Waals surface area contributed by atoms with Gasteiger partial charge in [-0.2, -0.15) is 0 Å². The summed E-state index contributed by atoms with van der Waals surface area (Å²) in [5.41, 5.74) is 5.24. The third-order valence-electron chi connectivity index (χ3n) is 3.71. The van der Waals surface area contributed by atoms with Gasteiger partial charge in [-0.15, -0.1) is 0 Å². The van der Waals surface area contributed by atoms with Gasteiger partial charge in [-0.1, -0.05) is 31.2 Å². The van der Waals surface area contributed by atoms with Crippen LogP contribution in [0.15, 0.2) is 42.5 Å². The summed E-state index contributed by atoms with van der Waals surface area (Å²) in [5, 5.41) is 3.45. The van der Waals surface area contributed by atoms with Gasteiger partial charge in [-0.25, -0.2) is 0 Å². The van der Waals surface area contributed by atoms with Crippen LogP contribution in [-0.4, -0.2) is 13.2 Å². The second-order valence-corrected chi connectivity index (χ2v) is 5.30. The van der Waals surface area contributed by atoms with E-state index in [4.69, 9.17) is 4.74 Å². The van der Waals surface area contributed by atoms with E-state index in [1.807, 2.05) is 0 Å². The van der Waals surface area contributed by atoms with Gasteiger partial charge in [0, 0.05) is 13.0 Å². The third kappa shape index (κ3) is 2.86. The van der Waals surface area contributed by atoms with Crippen LogP contribution in [0.5, 0.6) is 5.75 Å². The lowest BCUT2D eigenvalue weighted by Crippen LogP contribution is -2.13. The summed E-state index contributed by atoms with van der Waals surface area (Å²) >= 11 is 0. The molecule has 0 aromatic heterocycles. The molecule has 2 aromatic rings. The van der Waals surface area contributed by atoms with Crippen LogP contribution >= 0.6 is 0 Å². The number of ether oxygens (including phenoxy) is 1. The summed E-state index contributed by atoms with van der Waals surface area (Å²) in [4.78, 5) is 0. The van der Waals surface area contributed by atoms with Crippen molar-refractivity contribution in [2.45, 2.75) is 26.3 Å². The Balaban J connectivity index is 1.81. The quantitative estimate of drug-likeness (QED) is 0.832. The molecule has 2 aromatic carbocycles. The fourth-order valence-corrected chi connectivity index (χ4v) is 2.64. The van der Waals surface area contributed by atoms with E-state index in [-0.39, 0.29) is 0 Å². The van der Waals surface area contributed by atoms with Crippen molar-refractivity contribution in [1.29, 1.82) is 0 Å². The van der Waals surface area contributed by atoms with Gasteiger partial charge >= 0.3 is 0 Å². The van der Waals surface area contributed by atoms with E-state index in [9.17, 15) is 0 Å². The van der Waals surface area contributed by atoms with Gasteiger partial charge in [-0.3, -0.25) is 0 Å². The molecule has 0 atom stereocenters. The van der Waals surface area contributed by atoms with Gasteiger partial charge in [0.05, 0.1) is 6.61 Å². The zero-order chi connectivity index (χ0) is 13.8. The highest BCUT2D eigenvalue weighted by molar-refractivity contribution is 5.66. The lowest BCUT2D eigenvalue weighted by molar-refractivity contribution is 0.357. The van der Waals surface area contributed by atoms with E-state index in [0.717, 1.165) is 31.9 Å². The van der Waals surface area contributed by atoms with E-state index >= 15 is 0 Å². The van der Waals surface area contributed by atoms with Crippen molar-refractivity contribution in [3.63, 3.8) is 0 Å². The Labute approximate surface area is 120 Å². The molecule has 2 nitrogen and oxygen atoms in total. The molecule has 0 saturated carbocycles. The first-order chi connectivity index (χ1) is 9.86. The molecule has 0 amide bonds.